The lowest BCUT2D eigenvalue weighted by molar-refractivity contribution is -0.140. The third kappa shape index (κ3) is 8.07. The molecule has 0 saturated carbocycles. The number of nitrogens with zero attached hydrogens (tertiary/aromatic N) is 2. The SMILES string of the molecule is CC[C@@H](C)NC(=O)[C@@H](Cc1ccccc1)N(Cc1ccccc1C)C(=O)CN(c1ccc2c(c1)OCCO2)S(=O)(=O)CC. The van der Waals surface area contributed by atoms with Crippen molar-refractivity contribution in [1.29, 1.82) is 0 Å². The van der Waals surface area contributed by atoms with Crippen LogP contribution in [0.4, 0.5) is 5.69 Å². The molecule has 1 aliphatic heterocycles. The Morgan fingerprint density at radius 2 is 1.60 bits per heavy atom. The fourth-order valence-electron chi connectivity index (χ4n) is 4.87. The number of carbonyl (C=O) groups is 2. The number of anilines is 1. The molecule has 43 heavy (non-hydrogen) atoms. The molecule has 3 aromatic carbocycles. The fraction of sp³-hybridized carbons (Fsp3) is 0.394. The first kappa shape index (κ1) is 31.9. The maximum atomic E-state index is 14.4. The van der Waals surface area contributed by atoms with Gasteiger partial charge in [0.05, 0.1) is 11.4 Å². The van der Waals surface area contributed by atoms with Gasteiger partial charge in [-0.2, -0.15) is 0 Å². The smallest absolute Gasteiger partial charge is 0.244 e. The van der Waals surface area contributed by atoms with Crippen LogP contribution in [0.25, 0.3) is 0 Å². The van der Waals surface area contributed by atoms with Crippen molar-refractivity contribution in [2.75, 3.05) is 29.8 Å². The summed E-state index contributed by atoms with van der Waals surface area (Å²) in [6, 6.07) is 21.1. The van der Waals surface area contributed by atoms with E-state index < -0.39 is 28.5 Å². The second-order valence-electron chi connectivity index (χ2n) is 10.7. The van der Waals surface area contributed by atoms with Gasteiger partial charge in [-0.25, -0.2) is 8.42 Å². The van der Waals surface area contributed by atoms with Crippen LogP contribution in [0, 0.1) is 6.92 Å². The zero-order chi connectivity index (χ0) is 31.0. The molecule has 0 bridgehead atoms. The summed E-state index contributed by atoms with van der Waals surface area (Å²) in [5.74, 6) is -0.0611. The molecule has 0 spiro atoms. The first-order chi connectivity index (χ1) is 20.6. The van der Waals surface area contributed by atoms with E-state index in [1.807, 2.05) is 75.4 Å². The van der Waals surface area contributed by atoms with Gasteiger partial charge in [0.1, 0.15) is 25.8 Å². The van der Waals surface area contributed by atoms with Gasteiger partial charge in [0, 0.05) is 25.1 Å². The molecule has 1 aliphatic rings. The van der Waals surface area contributed by atoms with Crippen molar-refractivity contribution in [2.24, 2.45) is 0 Å². The van der Waals surface area contributed by atoms with E-state index in [1.54, 1.807) is 18.2 Å². The van der Waals surface area contributed by atoms with E-state index in [4.69, 9.17) is 9.47 Å². The van der Waals surface area contributed by atoms with Crippen molar-refractivity contribution in [3.8, 4) is 11.5 Å². The molecule has 0 aromatic heterocycles. The molecule has 0 aliphatic carbocycles. The highest BCUT2D eigenvalue weighted by atomic mass is 32.2. The first-order valence-corrected chi connectivity index (χ1v) is 16.3. The average Bonchev–Trinajstić information content (AvgIpc) is 3.02. The summed E-state index contributed by atoms with van der Waals surface area (Å²) in [4.78, 5) is 29.7. The van der Waals surface area contributed by atoms with E-state index in [-0.39, 0.29) is 30.7 Å². The number of aryl methyl sites for hydroxylation is 1. The van der Waals surface area contributed by atoms with Crippen LogP contribution in [0.2, 0.25) is 0 Å². The van der Waals surface area contributed by atoms with Gasteiger partial charge >= 0.3 is 0 Å². The Morgan fingerprint density at radius 3 is 2.28 bits per heavy atom. The standard InChI is InChI=1S/C33H41N3O6S/c1-5-25(4)34-33(38)29(20-26-13-8-7-9-14-26)35(22-27-15-11-10-12-24(27)3)32(37)23-36(43(39,40)6-2)28-16-17-30-31(21-28)42-19-18-41-30/h7-17,21,25,29H,5-6,18-20,22-23H2,1-4H3,(H,34,38)/t25-,29-/m1/s1. The highest BCUT2D eigenvalue weighted by Gasteiger charge is 2.34. The van der Waals surface area contributed by atoms with Crippen LogP contribution in [0.3, 0.4) is 0 Å². The molecule has 2 amide bonds. The van der Waals surface area contributed by atoms with Crippen molar-refractivity contribution >= 4 is 27.5 Å². The summed E-state index contributed by atoms with van der Waals surface area (Å²) in [5.41, 5.74) is 3.01. The Morgan fingerprint density at radius 1 is 0.930 bits per heavy atom. The molecule has 3 aromatic rings. The number of benzene rings is 3. The molecule has 0 radical (unpaired) electrons. The van der Waals surface area contributed by atoms with Crippen LogP contribution in [0.5, 0.6) is 11.5 Å². The molecule has 0 fully saturated rings. The molecule has 4 rings (SSSR count). The van der Waals surface area contributed by atoms with E-state index in [0.29, 0.717) is 30.4 Å². The van der Waals surface area contributed by atoms with Crippen LogP contribution >= 0.6 is 0 Å². The summed E-state index contributed by atoms with van der Waals surface area (Å²) < 4.78 is 39.2. The normalized spacial score (nSPS) is 14.0. The summed E-state index contributed by atoms with van der Waals surface area (Å²) in [6.07, 6.45) is 0.994. The summed E-state index contributed by atoms with van der Waals surface area (Å²) in [6.45, 7) is 7.78. The van der Waals surface area contributed by atoms with Crippen molar-refractivity contribution < 1.29 is 27.5 Å². The molecule has 0 unspecified atom stereocenters. The number of fused-ring (bicyclic) bond motifs is 1. The zero-order valence-electron chi connectivity index (χ0n) is 25.3. The monoisotopic (exact) mass is 607 g/mol. The number of sulfonamides is 1. The van der Waals surface area contributed by atoms with E-state index in [1.165, 1.54) is 11.8 Å². The quantitative estimate of drug-likeness (QED) is 0.307. The lowest BCUT2D eigenvalue weighted by Gasteiger charge is -2.34. The molecular weight excluding hydrogens is 566 g/mol. The van der Waals surface area contributed by atoms with Crippen LogP contribution in [-0.2, 0) is 32.6 Å². The highest BCUT2D eigenvalue weighted by Crippen LogP contribution is 2.35. The highest BCUT2D eigenvalue weighted by molar-refractivity contribution is 7.92. The van der Waals surface area contributed by atoms with E-state index in [9.17, 15) is 18.0 Å². The molecule has 1 heterocycles. The largest absolute Gasteiger partial charge is 0.486 e. The topological polar surface area (TPSA) is 105 Å². The van der Waals surface area contributed by atoms with Gasteiger partial charge in [0.25, 0.3) is 0 Å². The van der Waals surface area contributed by atoms with E-state index >= 15 is 0 Å². The second kappa shape index (κ2) is 14.4. The van der Waals surface area contributed by atoms with Crippen LogP contribution < -0.4 is 19.1 Å². The summed E-state index contributed by atoms with van der Waals surface area (Å²) in [5, 5.41) is 3.05. The minimum Gasteiger partial charge on any atom is -0.486 e. The summed E-state index contributed by atoms with van der Waals surface area (Å²) in [7, 11) is -3.89. The maximum Gasteiger partial charge on any atom is 0.244 e. The van der Waals surface area contributed by atoms with Gasteiger partial charge in [-0.1, -0.05) is 61.5 Å². The Labute approximate surface area is 254 Å². The average molecular weight is 608 g/mol. The number of hydrogen-bond acceptors (Lipinski definition) is 6. The van der Waals surface area contributed by atoms with Crippen molar-refractivity contribution in [1.82, 2.24) is 10.2 Å². The minimum absolute atomic E-state index is 0.101. The fourth-order valence-corrected chi connectivity index (χ4v) is 5.93. The van der Waals surface area contributed by atoms with Gasteiger partial charge in [-0.05, 0) is 56.0 Å². The first-order valence-electron chi connectivity index (χ1n) is 14.7. The third-order valence-corrected chi connectivity index (χ3v) is 9.41. The molecule has 0 saturated heterocycles. The molecule has 2 atom stereocenters. The van der Waals surface area contributed by atoms with Gasteiger partial charge in [-0.3, -0.25) is 13.9 Å². The number of nitrogens with one attached hydrogen (secondary N) is 1. The number of rotatable bonds is 13. The molecule has 230 valence electrons. The van der Waals surface area contributed by atoms with Crippen LogP contribution in [0.15, 0.2) is 72.8 Å². The second-order valence-corrected chi connectivity index (χ2v) is 12.9. The number of ether oxygens (including phenoxy) is 2. The molecule has 10 heteroatoms. The Bertz CT molecular complexity index is 1510. The van der Waals surface area contributed by atoms with E-state index in [0.717, 1.165) is 27.4 Å². The Balaban J connectivity index is 1.76. The van der Waals surface area contributed by atoms with Crippen LogP contribution in [0.1, 0.15) is 43.9 Å². The van der Waals surface area contributed by atoms with Gasteiger partial charge < -0.3 is 19.7 Å². The van der Waals surface area contributed by atoms with Gasteiger partial charge in [0.2, 0.25) is 21.8 Å². The van der Waals surface area contributed by atoms with Crippen molar-refractivity contribution in [2.45, 2.75) is 59.2 Å². The van der Waals surface area contributed by atoms with Crippen molar-refractivity contribution in [3.05, 3.63) is 89.5 Å². The van der Waals surface area contributed by atoms with Crippen LogP contribution in [-0.4, -0.2) is 62.7 Å². The summed E-state index contributed by atoms with van der Waals surface area (Å²) >= 11 is 0. The lowest BCUT2D eigenvalue weighted by Crippen LogP contribution is -2.54. The predicted molar refractivity (Wildman–Crippen MR) is 168 cm³/mol. The number of amides is 2. The van der Waals surface area contributed by atoms with Gasteiger partial charge in [0.15, 0.2) is 11.5 Å². The molecule has 9 nitrogen and oxygen atoms in total. The maximum absolute atomic E-state index is 14.4. The number of carbonyl (C=O) groups excluding carboxylic acids is 2. The van der Waals surface area contributed by atoms with E-state index in [2.05, 4.69) is 5.32 Å². The van der Waals surface area contributed by atoms with Crippen molar-refractivity contribution in [3.63, 3.8) is 0 Å². The van der Waals surface area contributed by atoms with Gasteiger partial charge in [-0.15, -0.1) is 0 Å². The Kier molecular flexibility index (Phi) is 10.7. The third-order valence-electron chi connectivity index (χ3n) is 7.67. The minimum atomic E-state index is -3.89. The Hall–Kier alpha value is -4.05. The zero-order valence-corrected chi connectivity index (χ0v) is 26.1. The molecule has 1 N–H and O–H groups in total. The lowest BCUT2D eigenvalue weighted by atomic mass is 10.0. The number of hydrogen-bond donors (Lipinski definition) is 1. The molecular formula is C33H41N3O6S. The predicted octanol–water partition coefficient (Wildman–Crippen LogP) is 4.48.